The first-order chi connectivity index (χ1) is 49.7. The number of hydrogen-bond donors (Lipinski definition) is 8. The largest absolute Gasteiger partial charge is 0.480 e. The van der Waals surface area contributed by atoms with Crippen molar-refractivity contribution in [3.8, 4) is 11.5 Å². The van der Waals surface area contributed by atoms with Crippen LogP contribution in [0.3, 0.4) is 0 Å². The van der Waals surface area contributed by atoms with E-state index in [-0.39, 0.29) is 126 Å². The Morgan fingerprint density at radius 1 is 0.519 bits per heavy atom. The average molecular weight is 1490 g/mol. The highest BCUT2D eigenvalue weighted by atomic mass is 32.2. The molecule has 1 aliphatic carbocycles. The lowest BCUT2D eigenvalue weighted by Gasteiger charge is -2.37. The molecular weight excluding hydrogens is 1380 g/mol. The third kappa shape index (κ3) is 31.0. The Labute approximate surface area is 619 Å². The maximum Gasteiger partial charge on any atom is 0.326 e. The summed E-state index contributed by atoms with van der Waals surface area (Å²) in [5, 5.41) is 20.8. The van der Waals surface area contributed by atoms with Crippen LogP contribution in [0.2, 0.25) is 0 Å². The molecule has 104 heavy (non-hydrogen) atoms. The van der Waals surface area contributed by atoms with Crippen LogP contribution in [0.25, 0.3) is 0 Å². The van der Waals surface area contributed by atoms with Crippen LogP contribution in [0, 0.1) is 11.8 Å². The Morgan fingerprint density at radius 3 is 1.47 bits per heavy atom. The van der Waals surface area contributed by atoms with Gasteiger partial charge in [0, 0.05) is 51.9 Å². The molecular formula is C73H114N14O15S2. The lowest BCUT2D eigenvalue weighted by molar-refractivity contribution is -0.149. The van der Waals surface area contributed by atoms with E-state index >= 15 is 19.2 Å². The number of aliphatic carboxylic acids is 1. The Bertz CT molecular complexity index is 3350. The molecule has 0 spiro atoms. The Balaban J connectivity index is 1.48. The van der Waals surface area contributed by atoms with Gasteiger partial charge in [0.1, 0.15) is 12.6 Å². The minimum atomic E-state index is -4.07. The quantitative estimate of drug-likeness (QED) is 0.0296. The third-order valence-electron chi connectivity index (χ3n) is 18.0. The van der Waals surface area contributed by atoms with E-state index in [0.717, 1.165) is 43.2 Å². The molecule has 2 aliphatic rings. The molecule has 3 aromatic carbocycles. The summed E-state index contributed by atoms with van der Waals surface area (Å²) in [5.74, 6) is -5.52. The number of carbonyl (C=O) groups excluding carboxylic acids is 9. The van der Waals surface area contributed by atoms with Crippen molar-refractivity contribution in [1.29, 1.82) is 0 Å². The molecule has 578 valence electrons. The van der Waals surface area contributed by atoms with Crippen molar-refractivity contribution < 1.29 is 70.9 Å². The topological polar surface area (TPSA) is 398 Å². The molecule has 1 unspecified atom stereocenters. The van der Waals surface area contributed by atoms with Crippen LogP contribution in [-0.2, 0) is 77.2 Å². The van der Waals surface area contributed by atoms with Gasteiger partial charge in [0.25, 0.3) is 0 Å². The molecule has 1 atom stereocenters. The number of nitrogens with two attached hydrogens (primary N) is 4. The number of rotatable bonds is 49. The second-order valence-corrected chi connectivity index (χ2v) is 29.5. The summed E-state index contributed by atoms with van der Waals surface area (Å²) in [5.41, 5.74) is 19.6. The van der Waals surface area contributed by atoms with E-state index in [0.29, 0.717) is 81.6 Å². The number of primary sulfonamides is 1. The predicted octanol–water partition coefficient (Wildman–Crippen LogP) is 2.06. The number of benzene rings is 3. The van der Waals surface area contributed by atoms with Gasteiger partial charge in [-0.3, -0.25) is 43.2 Å². The van der Waals surface area contributed by atoms with Crippen molar-refractivity contribution in [3.05, 3.63) is 89.5 Å². The first-order valence-electron chi connectivity index (χ1n) is 36.5. The highest BCUT2D eigenvalue weighted by molar-refractivity contribution is 7.89. The maximum atomic E-state index is 15.3. The van der Waals surface area contributed by atoms with Gasteiger partial charge >= 0.3 is 5.97 Å². The number of nitrogens with zero attached hydrogens (tertiary/aromatic N) is 8. The molecule has 1 fully saturated rings. The lowest BCUT2D eigenvalue weighted by Crippen LogP contribution is -2.54. The van der Waals surface area contributed by atoms with Crippen LogP contribution in [0.15, 0.2) is 77.7 Å². The van der Waals surface area contributed by atoms with E-state index in [1.54, 1.807) is 23.1 Å². The second-order valence-electron chi connectivity index (χ2n) is 27.5. The molecule has 1 heterocycles. The van der Waals surface area contributed by atoms with Crippen LogP contribution < -0.4 is 42.4 Å². The van der Waals surface area contributed by atoms with Gasteiger partial charge in [0.15, 0.2) is 11.5 Å². The van der Waals surface area contributed by atoms with Crippen molar-refractivity contribution in [3.63, 3.8) is 0 Å². The molecule has 0 radical (unpaired) electrons. The zero-order chi connectivity index (χ0) is 76.1. The molecule has 1 saturated carbocycles. The van der Waals surface area contributed by atoms with Gasteiger partial charge in [0.05, 0.1) is 57.3 Å². The zero-order valence-corrected chi connectivity index (χ0v) is 63.0. The Morgan fingerprint density at radius 2 is 0.962 bits per heavy atom. The number of ether oxygens (including phenoxy) is 2. The van der Waals surface area contributed by atoms with E-state index < -0.39 is 115 Å². The van der Waals surface area contributed by atoms with E-state index in [1.165, 1.54) is 58.6 Å². The van der Waals surface area contributed by atoms with E-state index in [2.05, 4.69) is 23.3 Å². The second kappa shape index (κ2) is 46.1. The van der Waals surface area contributed by atoms with Gasteiger partial charge in [-0.25, -0.2) is 18.4 Å². The molecule has 0 saturated heterocycles. The normalized spacial score (nSPS) is 13.1. The molecule has 29 nitrogen and oxygen atoms in total. The Hall–Kier alpha value is -7.94. The number of sulfonamides is 1. The summed E-state index contributed by atoms with van der Waals surface area (Å²) in [6, 6.07) is 18.7. The predicted molar refractivity (Wildman–Crippen MR) is 398 cm³/mol. The number of unbranched alkanes of at least 4 members (excludes halogenated alkanes) is 3. The van der Waals surface area contributed by atoms with Crippen LogP contribution in [0.4, 0.5) is 0 Å². The van der Waals surface area contributed by atoms with E-state index in [4.69, 9.17) is 31.8 Å². The summed E-state index contributed by atoms with van der Waals surface area (Å²) in [7, 11) is -4.07. The molecule has 0 bridgehead atoms. The smallest absolute Gasteiger partial charge is 0.326 e. The zero-order valence-electron chi connectivity index (χ0n) is 61.3. The monoisotopic (exact) mass is 1490 g/mol. The first-order valence-corrected chi connectivity index (χ1v) is 38.6. The lowest BCUT2D eigenvalue weighted by atomic mass is 9.94. The van der Waals surface area contributed by atoms with Gasteiger partial charge in [0.2, 0.25) is 70.0 Å². The molecule has 1 aliphatic heterocycles. The number of carboxylic acid groups (broad SMARTS) is 1. The number of nitrogens with one attached hydrogen (secondary N) is 2. The van der Waals surface area contributed by atoms with Crippen LogP contribution >= 0.6 is 12.6 Å². The van der Waals surface area contributed by atoms with Gasteiger partial charge < -0.3 is 81.6 Å². The molecule has 5 rings (SSSR count). The molecule has 0 aromatic heterocycles. The standard InChI is InChI=1S/C73H114N14O15S2/c1-54(2)43-85(65(89)42-78-34-14-11-31-74)51-72(96)87(59-19-9-6-10-20-59)52-71(95)84(37-27-56-17-7-5-8-18-56)48-68(92)82(38-28-57-21-24-60(25-22-57)104(77,99)100)49-70(94)86(44-55(3)4)50-69(93)81(36-16-13-33-76)46-67(91)83(39-29-58-23-26-62-63(41-58)102-53-101-62)47-66(90)80(35-15-12-32-75)45-64(88)79-61(30-40-103)73(97)98/h5,7-8,17-18,21-26,41,54-55,59,61,78,103H,6,9-16,19-20,27-40,42-53,74-76H2,1-4H3,(H,79,88)(H,97,98)(H2,77,99,100). The van der Waals surface area contributed by atoms with E-state index in [1.807, 2.05) is 58.0 Å². The number of hydrogen-bond acceptors (Lipinski definition) is 19. The fourth-order valence-electron chi connectivity index (χ4n) is 12.3. The Kier molecular flexibility index (Phi) is 38.4. The number of carboxylic acids is 1. The minimum Gasteiger partial charge on any atom is -0.480 e. The average Bonchev–Trinajstić information content (AvgIpc) is 0.920. The highest BCUT2D eigenvalue weighted by Crippen LogP contribution is 2.33. The fourth-order valence-corrected chi connectivity index (χ4v) is 13.0. The molecule has 31 heteroatoms. The highest BCUT2D eigenvalue weighted by Gasteiger charge is 2.35. The van der Waals surface area contributed by atoms with Crippen molar-refractivity contribution in [2.45, 2.75) is 141 Å². The summed E-state index contributed by atoms with van der Waals surface area (Å²) < 4.78 is 35.7. The SMILES string of the molecule is CC(C)CN(CC(=O)N(CCCCN)CC(=O)N(CCc1ccc2c(c1)OCO2)CC(=O)N(CCCCN)CC(=O)NC(CCS)C(=O)O)C(=O)CN(CCc1ccc(S(N)(=O)=O)cc1)C(=O)CN(CCc1ccccc1)C(=O)CN(C(=O)CN(CC(C)C)C(=O)CNCCCCN)C1CCCCC1. The number of fused-ring (bicyclic) bond motifs is 1. The van der Waals surface area contributed by atoms with Gasteiger partial charge in [-0.2, -0.15) is 12.6 Å². The summed E-state index contributed by atoms with van der Waals surface area (Å²) in [6.07, 6.45) is 7.70. The van der Waals surface area contributed by atoms with E-state index in [9.17, 15) is 42.3 Å². The third-order valence-corrected chi connectivity index (χ3v) is 19.2. The summed E-state index contributed by atoms with van der Waals surface area (Å²) >= 11 is 4.13. The van der Waals surface area contributed by atoms with Crippen molar-refractivity contribution >= 4 is 81.8 Å². The first kappa shape index (κ1) is 86.7. The van der Waals surface area contributed by atoms with Crippen LogP contribution in [0.5, 0.6) is 11.5 Å². The number of thiol groups is 1. The van der Waals surface area contributed by atoms with Crippen molar-refractivity contribution in [2.75, 3.05) is 143 Å². The number of amides is 9. The fraction of sp³-hybridized carbons (Fsp3) is 0.616. The van der Waals surface area contributed by atoms with Crippen molar-refractivity contribution in [2.24, 2.45) is 34.2 Å². The summed E-state index contributed by atoms with van der Waals surface area (Å²) in [6.45, 7) is 5.42. The van der Waals surface area contributed by atoms with Gasteiger partial charge in [-0.05, 0) is 162 Å². The van der Waals surface area contributed by atoms with Crippen LogP contribution in [0.1, 0.15) is 121 Å². The van der Waals surface area contributed by atoms with Crippen molar-refractivity contribution in [1.82, 2.24) is 49.8 Å². The molecule has 3 aromatic rings. The maximum absolute atomic E-state index is 15.3. The van der Waals surface area contributed by atoms with Gasteiger partial charge in [-0.15, -0.1) is 0 Å². The molecule has 11 N–H and O–H groups in total. The minimum absolute atomic E-state index is 0.00505. The van der Waals surface area contributed by atoms with Crippen LogP contribution in [-0.4, -0.2) is 267 Å². The summed E-state index contributed by atoms with van der Waals surface area (Å²) in [4.78, 5) is 155. The van der Waals surface area contributed by atoms with Gasteiger partial charge in [-0.1, -0.05) is 95.5 Å². The number of carbonyl (C=O) groups is 10. The molecule has 9 amide bonds.